The van der Waals surface area contributed by atoms with Gasteiger partial charge in [-0.15, -0.1) is 0 Å². The van der Waals surface area contributed by atoms with Crippen LogP contribution in [0.15, 0.2) is 60.7 Å². The molecule has 0 N–H and O–H groups in total. The standard InChI is InChI=1S/C22H32BrP/c1-3-5-13-19-24(23,20-14-6-4-2,21-15-9-7-10-16-21)22-17-11-8-12-18-22/h7-12,15-18H,3-6,13-14,19-20H2,1-2H3. The van der Waals surface area contributed by atoms with E-state index < -0.39 is 5.31 Å². The molecular weight excluding hydrogens is 375 g/mol. The van der Waals surface area contributed by atoms with Crippen LogP contribution in [-0.2, 0) is 0 Å². The van der Waals surface area contributed by atoms with Crippen LogP contribution in [0.5, 0.6) is 0 Å². The number of hydrogen-bond acceptors (Lipinski definition) is 0. The topological polar surface area (TPSA) is 0 Å². The molecule has 0 aliphatic carbocycles. The molecule has 2 aromatic rings. The summed E-state index contributed by atoms with van der Waals surface area (Å²) in [5.74, 6) is 0. The van der Waals surface area contributed by atoms with Gasteiger partial charge in [-0.25, -0.2) is 0 Å². The molecule has 0 unspecified atom stereocenters. The summed E-state index contributed by atoms with van der Waals surface area (Å²) >= 11 is 4.50. The van der Waals surface area contributed by atoms with Gasteiger partial charge in [-0.05, 0) is 0 Å². The fraction of sp³-hybridized carbons (Fsp3) is 0.455. The molecule has 0 aliphatic rings. The third kappa shape index (κ3) is 4.30. The van der Waals surface area contributed by atoms with Crippen LogP contribution in [0.3, 0.4) is 0 Å². The molecule has 0 nitrogen and oxygen atoms in total. The number of hydrogen-bond donors (Lipinski definition) is 0. The van der Waals surface area contributed by atoms with Crippen molar-refractivity contribution in [3.8, 4) is 0 Å². The van der Waals surface area contributed by atoms with Crippen molar-refractivity contribution >= 4 is 31.4 Å². The quantitative estimate of drug-likeness (QED) is 0.297. The molecule has 0 spiro atoms. The number of benzene rings is 2. The molecule has 0 saturated heterocycles. The Hall–Kier alpha value is -0.650. The van der Waals surface area contributed by atoms with Crippen LogP contribution in [0.4, 0.5) is 0 Å². The van der Waals surface area contributed by atoms with E-state index in [-0.39, 0.29) is 0 Å². The van der Waals surface area contributed by atoms with Crippen molar-refractivity contribution in [3.63, 3.8) is 0 Å². The van der Waals surface area contributed by atoms with Crippen LogP contribution in [0, 0.1) is 0 Å². The second-order valence-electron chi connectivity index (χ2n) is 6.91. The van der Waals surface area contributed by atoms with E-state index in [1.54, 1.807) is 0 Å². The van der Waals surface area contributed by atoms with Crippen molar-refractivity contribution in [2.45, 2.75) is 52.4 Å². The summed E-state index contributed by atoms with van der Waals surface area (Å²) in [6.07, 6.45) is 10.3. The minimum absolute atomic E-state index is 1.27. The van der Waals surface area contributed by atoms with Crippen molar-refractivity contribution in [2.24, 2.45) is 0 Å². The Kier molecular flexibility index (Phi) is 7.51. The van der Waals surface area contributed by atoms with E-state index in [1.807, 2.05) is 0 Å². The van der Waals surface area contributed by atoms with Gasteiger partial charge in [0.05, 0.1) is 0 Å². The third-order valence-electron chi connectivity index (χ3n) is 5.15. The second-order valence-corrected chi connectivity index (χ2v) is 16.7. The zero-order chi connectivity index (χ0) is 17.3. The first-order valence-electron chi connectivity index (χ1n) is 9.48. The van der Waals surface area contributed by atoms with Crippen molar-refractivity contribution in [3.05, 3.63) is 60.7 Å². The van der Waals surface area contributed by atoms with Crippen LogP contribution in [0.25, 0.3) is 0 Å². The van der Waals surface area contributed by atoms with E-state index in [1.165, 1.54) is 61.5 Å². The van der Waals surface area contributed by atoms with Gasteiger partial charge >= 0.3 is 157 Å². The molecule has 0 atom stereocenters. The van der Waals surface area contributed by atoms with Crippen LogP contribution in [-0.4, -0.2) is 12.3 Å². The molecule has 0 heterocycles. The van der Waals surface area contributed by atoms with E-state index in [2.05, 4.69) is 90.0 Å². The summed E-state index contributed by atoms with van der Waals surface area (Å²) in [5.41, 5.74) is 0. The molecule has 0 aromatic heterocycles. The van der Waals surface area contributed by atoms with Crippen molar-refractivity contribution in [1.29, 1.82) is 0 Å². The van der Waals surface area contributed by atoms with Crippen LogP contribution in [0.1, 0.15) is 52.4 Å². The number of rotatable bonds is 10. The van der Waals surface area contributed by atoms with Gasteiger partial charge in [0.25, 0.3) is 0 Å². The van der Waals surface area contributed by atoms with Gasteiger partial charge in [-0.2, -0.15) is 0 Å². The Labute approximate surface area is 156 Å². The first-order valence-corrected chi connectivity index (χ1v) is 14.1. The Bertz CT molecular complexity index is 540. The number of halogens is 1. The SMILES string of the molecule is CCCCCP(Br)(CCCCC)(c1ccccc1)c1ccccc1. The molecule has 132 valence electrons. The van der Waals surface area contributed by atoms with Gasteiger partial charge < -0.3 is 0 Å². The van der Waals surface area contributed by atoms with Gasteiger partial charge in [0, 0.05) is 0 Å². The fourth-order valence-corrected chi connectivity index (χ4v) is 11.7. The normalized spacial score (nSPS) is 13.4. The Balaban J connectivity index is 2.54. The van der Waals surface area contributed by atoms with E-state index in [0.717, 1.165) is 0 Å². The zero-order valence-electron chi connectivity index (χ0n) is 15.3. The molecule has 0 saturated carbocycles. The molecule has 2 rings (SSSR count). The average molecular weight is 407 g/mol. The van der Waals surface area contributed by atoms with Crippen LogP contribution in [0.2, 0.25) is 0 Å². The van der Waals surface area contributed by atoms with E-state index >= 15 is 0 Å². The second kappa shape index (κ2) is 9.16. The maximum atomic E-state index is 4.50. The summed E-state index contributed by atoms with van der Waals surface area (Å²) in [5, 5.41) is 0.748. The predicted octanol–water partition coefficient (Wildman–Crippen LogP) is 6.88. The first kappa shape index (κ1) is 19.7. The first-order chi connectivity index (χ1) is 11.6. The van der Waals surface area contributed by atoms with Crippen molar-refractivity contribution in [1.82, 2.24) is 0 Å². The predicted molar refractivity (Wildman–Crippen MR) is 117 cm³/mol. The fourth-order valence-electron chi connectivity index (χ4n) is 3.70. The maximum absolute atomic E-state index is 4.50. The molecule has 24 heavy (non-hydrogen) atoms. The molecule has 0 bridgehead atoms. The van der Waals surface area contributed by atoms with Crippen molar-refractivity contribution < 1.29 is 0 Å². The van der Waals surface area contributed by atoms with Gasteiger partial charge in [-0.3, -0.25) is 0 Å². The molecule has 0 fully saturated rings. The molecule has 2 aromatic carbocycles. The summed E-state index contributed by atoms with van der Waals surface area (Å²) in [4.78, 5) is 0. The van der Waals surface area contributed by atoms with E-state index in [9.17, 15) is 0 Å². The average Bonchev–Trinajstić information content (AvgIpc) is 2.64. The summed E-state index contributed by atoms with van der Waals surface area (Å²) < 4.78 is 0. The van der Waals surface area contributed by atoms with E-state index in [4.69, 9.17) is 0 Å². The van der Waals surface area contributed by atoms with Crippen LogP contribution < -0.4 is 10.6 Å². The number of unbranched alkanes of at least 4 members (excludes halogenated alkanes) is 4. The van der Waals surface area contributed by atoms with Gasteiger partial charge in [-0.1, -0.05) is 0 Å². The van der Waals surface area contributed by atoms with Crippen LogP contribution >= 0.6 is 20.8 Å². The molecule has 0 amide bonds. The van der Waals surface area contributed by atoms with Gasteiger partial charge in [0.2, 0.25) is 0 Å². The molecular formula is C22H32BrP. The summed E-state index contributed by atoms with van der Waals surface area (Å²) in [7, 11) is 0. The Morgan fingerprint density at radius 3 is 1.33 bits per heavy atom. The monoisotopic (exact) mass is 406 g/mol. The third-order valence-corrected chi connectivity index (χ3v) is 15.2. The molecule has 0 aliphatic heterocycles. The zero-order valence-corrected chi connectivity index (χ0v) is 17.7. The summed E-state index contributed by atoms with van der Waals surface area (Å²) in [6.45, 7) is 4.59. The summed E-state index contributed by atoms with van der Waals surface area (Å²) in [6, 6.07) is 22.5. The Morgan fingerprint density at radius 1 is 0.625 bits per heavy atom. The molecule has 2 heteroatoms. The van der Waals surface area contributed by atoms with Gasteiger partial charge in [0.1, 0.15) is 0 Å². The minimum atomic E-state index is -2.31. The molecule has 0 radical (unpaired) electrons. The Morgan fingerprint density at radius 2 is 1.00 bits per heavy atom. The van der Waals surface area contributed by atoms with Gasteiger partial charge in [0.15, 0.2) is 0 Å². The van der Waals surface area contributed by atoms with Crippen molar-refractivity contribution in [2.75, 3.05) is 12.3 Å². The van der Waals surface area contributed by atoms with E-state index in [0.29, 0.717) is 0 Å².